The summed E-state index contributed by atoms with van der Waals surface area (Å²) >= 11 is 0. The molecule has 0 aliphatic carbocycles. The highest BCUT2D eigenvalue weighted by molar-refractivity contribution is 5.87. The van der Waals surface area contributed by atoms with Crippen LogP contribution < -0.4 is 5.32 Å². The molecule has 0 aromatic carbocycles. The quantitative estimate of drug-likeness (QED) is 0.103. The Hall–Kier alpha value is -1.31. The molecule has 0 fully saturated rings. The average Bonchev–Trinajstić information content (AvgIpc) is 2.68. The number of nitrogens with one attached hydrogen (secondary N) is 1. The lowest BCUT2D eigenvalue weighted by Gasteiger charge is -2.03. The smallest absolute Gasteiger partial charge is 0.243 e. The molecule has 0 aromatic heterocycles. The predicted octanol–water partition coefficient (Wildman–Crippen LogP) is 7.91. The second-order valence-corrected chi connectivity index (χ2v) is 8.30. The van der Waals surface area contributed by atoms with Gasteiger partial charge in [0.05, 0.1) is 0 Å². The summed E-state index contributed by atoms with van der Waals surface area (Å²) in [5.41, 5.74) is 0. The highest BCUT2D eigenvalue weighted by Crippen LogP contribution is 2.11. The molecule has 0 spiro atoms. The summed E-state index contributed by atoms with van der Waals surface area (Å²) in [5.74, 6) is 0.497. The summed E-state index contributed by atoms with van der Waals surface area (Å²) in [6, 6.07) is 0. The molecule has 0 rings (SSSR count). The zero-order valence-electron chi connectivity index (χ0n) is 19.1. The molecule has 1 amide bonds. The maximum atomic E-state index is 11.5. The van der Waals surface area contributed by atoms with Crippen molar-refractivity contribution in [1.82, 2.24) is 5.32 Å². The number of allylic oxidation sites excluding steroid dienone is 5. The van der Waals surface area contributed by atoms with Crippen molar-refractivity contribution in [2.45, 2.75) is 111 Å². The van der Waals surface area contributed by atoms with Gasteiger partial charge < -0.3 is 5.32 Å². The molecule has 162 valence electrons. The fourth-order valence-corrected chi connectivity index (χ4v) is 3.01. The van der Waals surface area contributed by atoms with E-state index < -0.39 is 0 Å². The lowest BCUT2D eigenvalue weighted by atomic mass is 10.1. The van der Waals surface area contributed by atoms with E-state index in [9.17, 15) is 4.79 Å². The van der Waals surface area contributed by atoms with Crippen molar-refractivity contribution >= 4 is 5.91 Å². The molecule has 0 aliphatic heterocycles. The molecule has 0 aliphatic rings. The van der Waals surface area contributed by atoms with Crippen molar-refractivity contribution < 1.29 is 4.79 Å². The lowest BCUT2D eigenvalue weighted by Crippen LogP contribution is -2.25. The van der Waals surface area contributed by atoms with Crippen LogP contribution in [-0.4, -0.2) is 12.5 Å². The van der Waals surface area contributed by atoms with E-state index in [0.29, 0.717) is 5.92 Å². The Morgan fingerprint density at radius 3 is 1.75 bits per heavy atom. The van der Waals surface area contributed by atoms with Crippen molar-refractivity contribution in [3.05, 3.63) is 36.5 Å². The molecule has 0 unspecified atom stereocenters. The number of rotatable bonds is 19. The largest absolute Gasteiger partial charge is 0.352 e. The third kappa shape index (κ3) is 22.7. The van der Waals surface area contributed by atoms with Crippen molar-refractivity contribution in [2.24, 2.45) is 5.92 Å². The maximum absolute atomic E-state index is 11.5. The van der Waals surface area contributed by atoms with E-state index in [-0.39, 0.29) is 5.91 Å². The van der Waals surface area contributed by atoms with Crippen molar-refractivity contribution in [3.8, 4) is 0 Å². The number of unbranched alkanes of at least 4 members (excludes halogenated alkanes) is 12. The van der Waals surface area contributed by atoms with Gasteiger partial charge in [-0.2, -0.15) is 0 Å². The second kappa shape index (κ2) is 22.0. The Morgan fingerprint density at radius 2 is 1.21 bits per heavy atom. The Morgan fingerprint density at radius 1 is 0.714 bits per heavy atom. The minimum absolute atomic E-state index is 0.00125. The number of hydrogen-bond donors (Lipinski definition) is 1. The van der Waals surface area contributed by atoms with Crippen LogP contribution in [0.1, 0.15) is 111 Å². The van der Waals surface area contributed by atoms with Gasteiger partial charge in [-0.05, 0) is 44.4 Å². The van der Waals surface area contributed by atoms with Crippen LogP contribution in [0.4, 0.5) is 0 Å². The van der Waals surface area contributed by atoms with Gasteiger partial charge in [0.25, 0.3) is 0 Å². The second-order valence-electron chi connectivity index (χ2n) is 8.30. The van der Waals surface area contributed by atoms with Gasteiger partial charge >= 0.3 is 0 Å². The average molecular weight is 390 g/mol. The van der Waals surface area contributed by atoms with Gasteiger partial charge in [-0.1, -0.05) is 103 Å². The van der Waals surface area contributed by atoms with E-state index in [1.54, 1.807) is 6.08 Å². The Balaban J connectivity index is 3.30. The zero-order chi connectivity index (χ0) is 20.7. The van der Waals surface area contributed by atoms with Crippen molar-refractivity contribution in [1.29, 1.82) is 0 Å². The Bertz CT molecular complexity index is 420. The van der Waals surface area contributed by atoms with Crippen LogP contribution in [0.15, 0.2) is 36.5 Å². The first-order chi connectivity index (χ1) is 13.7. The number of carbonyl (C=O) groups is 1. The predicted molar refractivity (Wildman–Crippen MR) is 126 cm³/mol. The normalized spacial score (nSPS) is 12.1. The first-order valence-electron chi connectivity index (χ1n) is 11.9. The zero-order valence-corrected chi connectivity index (χ0v) is 19.1. The van der Waals surface area contributed by atoms with E-state index in [0.717, 1.165) is 13.0 Å². The van der Waals surface area contributed by atoms with Crippen LogP contribution in [0.5, 0.6) is 0 Å². The highest BCUT2D eigenvalue weighted by Gasteiger charge is 1.96. The molecular formula is C26H47NO. The molecule has 28 heavy (non-hydrogen) atoms. The van der Waals surface area contributed by atoms with Crippen LogP contribution in [0.3, 0.4) is 0 Å². The highest BCUT2D eigenvalue weighted by atomic mass is 16.1. The van der Waals surface area contributed by atoms with Crippen LogP contribution in [0, 0.1) is 5.92 Å². The summed E-state index contributed by atoms with van der Waals surface area (Å²) in [6.45, 7) is 7.19. The summed E-state index contributed by atoms with van der Waals surface area (Å²) in [5, 5.41) is 2.88. The molecular weight excluding hydrogens is 342 g/mol. The minimum atomic E-state index is 0.00125. The van der Waals surface area contributed by atoms with Gasteiger partial charge in [-0.15, -0.1) is 0 Å². The summed E-state index contributed by atoms with van der Waals surface area (Å²) in [7, 11) is 0. The van der Waals surface area contributed by atoms with E-state index in [2.05, 4.69) is 44.3 Å². The van der Waals surface area contributed by atoms with E-state index in [1.807, 2.05) is 12.2 Å². The molecule has 0 radical (unpaired) electrons. The lowest BCUT2D eigenvalue weighted by molar-refractivity contribution is -0.116. The molecule has 0 atom stereocenters. The summed E-state index contributed by atoms with van der Waals surface area (Å²) < 4.78 is 0. The molecule has 0 aromatic rings. The van der Waals surface area contributed by atoms with E-state index in [4.69, 9.17) is 0 Å². The molecule has 1 N–H and O–H groups in total. The van der Waals surface area contributed by atoms with Crippen LogP contribution in [0.2, 0.25) is 0 Å². The fourth-order valence-electron chi connectivity index (χ4n) is 3.01. The van der Waals surface area contributed by atoms with Crippen LogP contribution >= 0.6 is 0 Å². The standard InChI is InChI=1S/C26H47NO/c1-4-5-6-7-8-9-10-11-12-13-14-15-16-17-18-19-20-21-22-23-26(28)27-24-25(2)3/h8-9,20-23,25H,4-7,10-19,24H2,1-3H3,(H,27,28)/b9-8+,21-20+,23-22+. The van der Waals surface area contributed by atoms with Crippen molar-refractivity contribution in [3.63, 3.8) is 0 Å². The number of carbonyl (C=O) groups excluding carboxylic acids is 1. The maximum Gasteiger partial charge on any atom is 0.243 e. The monoisotopic (exact) mass is 389 g/mol. The molecule has 0 bridgehead atoms. The Kier molecular flexibility index (Phi) is 21.0. The summed E-state index contributed by atoms with van der Waals surface area (Å²) in [4.78, 5) is 11.5. The van der Waals surface area contributed by atoms with Gasteiger partial charge in [0.1, 0.15) is 0 Å². The number of hydrogen-bond acceptors (Lipinski definition) is 1. The Labute approximate surface area is 176 Å². The SMILES string of the molecule is CCCCC/C=C/CCCCCCCCCC/C=C/C=C/C(=O)NCC(C)C. The van der Waals surface area contributed by atoms with Gasteiger partial charge in [-0.3, -0.25) is 4.79 Å². The summed E-state index contributed by atoms with van der Waals surface area (Å²) in [6.07, 6.45) is 30.9. The number of amides is 1. The third-order valence-electron chi connectivity index (χ3n) is 4.81. The first kappa shape index (κ1) is 26.7. The molecule has 0 heterocycles. The van der Waals surface area contributed by atoms with Gasteiger partial charge in [0.2, 0.25) is 5.91 Å². The van der Waals surface area contributed by atoms with Gasteiger partial charge in [0.15, 0.2) is 0 Å². The fraction of sp³-hybridized carbons (Fsp3) is 0.731. The topological polar surface area (TPSA) is 29.1 Å². The van der Waals surface area contributed by atoms with Gasteiger partial charge in [0, 0.05) is 12.6 Å². The third-order valence-corrected chi connectivity index (χ3v) is 4.81. The molecule has 0 saturated carbocycles. The van der Waals surface area contributed by atoms with E-state index in [1.165, 1.54) is 83.5 Å². The van der Waals surface area contributed by atoms with Gasteiger partial charge in [-0.25, -0.2) is 0 Å². The first-order valence-corrected chi connectivity index (χ1v) is 11.9. The molecule has 2 heteroatoms. The molecule has 0 saturated heterocycles. The van der Waals surface area contributed by atoms with E-state index >= 15 is 0 Å². The van der Waals surface area contributed by atoms with Crippen molar-refractivity contribution in [2.75, 3.05) is 6.54 Å². The molecule has 2 nitrogen and oxygen atoms in total. The van der Waals surface area contributed by atoms with Crippen LogP contribution in [0.25, 0.3) is 0 Å². The minimum Gasteiger partial charge on any atom is -0.352 e. The van der Waals surface area contributed by atoms with Crippen LogP contribution in [-0.2, 0) is 4.79 Å².